The van der Waals surface area contributed by atoms with E-state index in [2.05, 4.69) is 37.9 Å². The number of hydrogen-bond donors (Lipinski definition) is 1. The van der Waals surface area contributed by atoms with Gasteiger partial charge >= 0.3 is 0 Å². The average Bonchev–Trinajstić information content (AvgIpc) is 2.29. The number of anilines is 1. The molecule has 2 aromatic rings. The molecular weight excluding hydrogens is 208 g/mol. The van der Waals surface area contributed by atoms with Gasteiger partial charge in [-0.15, -0.1) is 0 Å². The molecule has 0 aliphatic carbocycles. The molecule has 1 aromatic heterocycles. The van der Waals surface area contributed by atoms with Crippen LogP contribution in [-0.2, 0) is 5.41 Å². The maximum absolute atomic E-state index is 6.02. The number of pyridine rings is 1. The Bertz CT molecular complexity index is 510. The van der Waals surface area contributed by atoms with Gasteiger partial charge in [0.05, 0.1) is 5.69 Å². The van der Waals surface area contributed by atoms with Crippen LogP contribution in [0.25, 0.3) is 11.3 Å². The first-order chi connectivity index (χ1) is 7.98. The lowest BCUT2D eigenvalue weighted by Gasteiger charge is -2.20. The van der Waals surface area contributed by atoms with E-state index < -0.39 is 0 Å². The molecule has 2 nitrogen and oxygen atoms in total. The molecule has 0 amide bonds. The molecule has 0 bridgehead atoms. The molecule has 0 saturated carbocycles. The molecule has 0 unspecified atom stereocenters. The molecule has 1 heterocycles. The third-order valence-corrected chi connectivity index (χ3v) is 2.86. The van der Waals surface area contributed by atoms with Crippen molar-refractivity contribution in [3.8, 4) is 11.3 Å². The van der Waals surface area contributed by atoms with Gasteiger partial charge in [0.25, 0.3) is 0 Å². The van der Waals surface area contributed by atoms with E-state index in [0.29, 0.717) is 0 Å². The molecule has 0 spiro atoms. The number of hydrogen-bond acceptors (Lipinski definition) is 2. The van der Waals surface area contributed by atoms with Crippen molar-refractivity contribution < 1.29 is 0 Å². The average molecular weight is 226 g/mol. The van der Waals surface area contributed by atoms with Crippen molar-refractivity contribution in [2.45, 2.75) is 26.2 Å². The van der Waals surface area contributed by atoms with Crippen LogP contribution in [0, 0.1) is 0 Å². The number of nitrogen functional groups attached to an aromatic ring is 1. The SMILES string of the molecule is CC(C)(C)c1ccc(N)c(-c2ccccn2)c1. The van der Waals surface area contributed by atoms with Gasteiger partial charge in [0, 0.05) is 17.4 Å². The Labute approximate surface area is 103 Å². The molecule has 2 N–H and O–H groups in total. The molecular formula is C15H18N2. The summed E-state index contributed by atoms with van der Waals surface area (Å²) < 4.78 is 0. The molecule has 0 radical (unpaired) electrons. The Morgan fingerprint density at radius 2 is 1.82 bits per heavy atom. The van der Waals surface area contributed by atoms with Crippen LogP contribution >= 0.6 is 0 Å². The standard InChI is InChI=1S/C15H18N2/c1-15(2,3)11-7-8-13(16)12(10-11)14-6-4-5-9-17-14/h4-10H,16H2,1-3H3. The highest BCUT2D eigenvalue weighted by Gasteiger charge is 2.15. The summed E-state index contributed by atoms with van der Waals surface area (Å²) in [5.41, 5.74) is 10.1. The van der Waals surface area contributed by atoms with Crippen LogP contribution in [0.15, 0.2) is 42.6 Å². The molecule has 88 valence electrons. The third-order valence-electron chi connectivity index (χ3n) is 2.86. The molecule has 0 aliphatic rings. The van der Waals surface area contributed by atoms with Crippen molar-refractivity contribution >= 4 is 5.69 Å². The van der Waals surface area contributed by atoms with Crippen molar-refractivity contribution in [3.63, 3.8) is 0 Å². The minimum Gasteiger partial charge on any atom is -0.398 e. The van der Waals surface area contributed by atoms with Gasteiger partial charge in [0.1, 0.15) is 0 Å². The molecule has 2 rings (SSSR count). The number of aromatic nitrogens is 1. The topological polar surface area (TPSA) is 38.9 Å². The van der Waals surface area contributed by atoms with E-state index >= 15 is 0 Å². The summed E-state index contributed by atoms with van der Waals surface area (Å²) in [5.74, 6) is 0. The molecule has 0 saturated heterocycles. The molecule has 0 aliphatic heterocycles. The van der Waals surface area contributed by atoms with Crippen molar-refractivity contribution in [2.24, 2.45) is 0 Å². The third kappa shape index (κ3) is 2.47. The zero-order valence-corrected chi connectivity index (χ0v) is 10.6. The summed E-state index contributed by atoms with van der Waals surface area (Å²) in [4.78, 5) is 4.35. The Hall–Kier alpha value is -1.83. The first-order valence-corrected chi connectivity index (χ1v) is 5.80. The van der Waals surface area contributed by atoms with Crippen LogP contribution in [-0.4, -0.2) is 4.98 Å². The monoisotopic (exact) mass is 226 g/mol. The van der Waals surface area contributed by atoms with E-state index in [-0.39, 0.29) is 5.41 Å². The van der Waals surface area contributed by atoms with Gasteiger partial charge in [-0.05, 0) is 35.2 Å². The highest BCUT2D eigenvalue weighted by molar-refractivity contribution is 5.74. The van der Waals surface area contributed by atoms with Crippen LogP contribution in [0.3, 0.4) is 0 Å². The lowest BCUT2D eigenvalue weighted by Crippen LogP contribution is -2.11. The Kier molecular flexibility index (Phi) is 2.88. The van der Waals surface area contributed by atoms with Crippen molar-refractivity contribution in [2.75, 3.05) is 5.73 Å². The predicted molar refractivity (Wildman–Crippen MR) is 72.8 cm³/mol. The molecule has 17 heavy (non-hydrogen) atoms. The largest absolute Gasteiger partial charge is 0.398 e. The van der Waals surface area contributed by atoms with Crippen LogP contribution in [0.1, 0.15) is 26.3 Å². The maximum Gasteiger partial charge on any atom is 0.0722 e. The lowest BCUT2D eigenvalue weighted by molar-refractivity contribution is 0.590. The maximum atomic E-state index is 6.02. The highest BCUT2D eigenvalue weighted by Crippen LogP contribution is 2.30. The second-order valence-corrected chi connectivity index (χ2v) is 5.27. The zero-order valence-electron chi connectivity index (χ0n) is 10.6. The number of nitrogens with two attached hydrogens (primary N) is 1. The quantitative estimate of drug-likeness (QED) is 0.754. The summed E-state index contributed by atoms with van der Waals surface area (Å²) in [6.45, 7) is 6.59. The summed E-state index contributed by atoms with van der Waals surface area (Å²) in [6.07, 6.45) is 1.79. The van der Waals surface area contributed by atoms with Gasteiger partial charge in [-0.1, -0.05) is 32.9 Å². The normalized spacial score (nSPS) is 11.5. The molecule has 0 fully saturated rings. The van der Waals surface area contributed by atoms with E-state index in [9.17, 15) is 0 Å². The van der Waals surface area contributed by atoms with Crippen molar-refractivity contribution in [1.29, 1.82) is 0 Å². The Balaban J connectivity index is 2.55. The predicted octanol–water partition coefficient (Wildman–Crippen LogP) is 3.63. The minimum atomic E-state index is 0.122. The smallest absolute Gasteiger partial charge is 0.0722 e. The van der Waals surface area contributed by atoms with Gasteiger partial charge in [0.15, 0.2) is 0 Å². The Morgan fingerprint density at radius 1 is 1.06 bits per heavy atom. The van der Waals surface area contributed by atoms with Crippen LogP contribution in [0.5, 0.6) is 0 Å². The van der Waals surface area contributed by atoms with E-state index in [4.69, 9.17) is 5.73 Å². The molecule has 1 aromatic carbocycles. The van der Waals surface area contributed by atoms with E-state index in [1.54, 1.807) is 6.20 Å². The van der Waals surface area contributed by atoms with E-state index in [0.717, 1.165) is 16.9 Å². The van der Waals surface area contributed by atoms with Crippen molar-refractivity contribution in [3.05, 3.63) is 48.2 Å². The van der Waals surface area contributed by atoms with Crippen LogP contribution in [0.4, 0.5) is 5.69 Å². The van der Waals surface area contributed by atoms with Crippen LogP contribution < -0.4 is 5.73 Å². The summed E-state index contributed by atoms with van der Waals surface area (Å²) >= 11 is 0. The summed E-state index contributed by atoms with van der Waals surface area (Å²) in [5, 5.41) is 0. The first kappa shape index (κ1) is 11.6. The highest BCUT2D eigenvalue weighted by atomic mass is 14.7. The fraction of sp³-hybridized carbons (Fsp3) is 0.267. The molecule has 2 heteroatoms. The molecule has 0 atom stereocenters. The lowest BCUT2D eigenvalue weighted by atomic mass is 9.85. The number of nitrogens with zero attached hydrogens (tertiary/aromatic N) is 1. The fourth-order valence-corrected chi connectivity index (χ4v) is 1.77. The minimum absolute atomic E-state index is 0.122. The summed E-state index contributed by atoms with van der Waals surface area (Å²) in [6, 6.07) is 12.1. The number of rotatable bonds is 1. The van der Waals surface area contributed by atoms with Gasteiger partial charge in [-0.2, -0.15) is 0 Å². The van der Waals surface area contributed by atoms with Gasteiger partial charge < -0.3 is 5.73 Å². The van der Waals surface area contributed by atoms with Gasteiger partial charge in [-0.25, -0.2) is 0 Å². The number of benzene rings is 1. The van der Waals surface area contributed by atoms with E-state index in [1.165, 1.54) is 5.56 Å². The van der Waals surface area contributed by atoms with Crippen LogP contribution in [0.2, 0.25) is 0 Å². The first-order valence-electron chi connectivity index (χ1n) is 5.80. The van der Waals surface area contributed by atoms with Crippen molar-refractivity contribution in [1.82, 2.24) is 4.98 Å². The second kappa shape index (κ2) is 4.21. The van der Waals surface area contributed by atoms with Gasteiger partial charge in [-0.3, -0.25) is 4.98 Å². The zero-order chi connectivity index (χ0) is 12.5. The van der Waals surface area contributed by atoms with E-state index in [1.807, 2.05) is 24.3 Å². The second-order valence-electron chi connectivity index (χ2n) is 5.27. The van der Waals surface area contributed by atoms with Gasteiger partial charge in [0.2, 0.25) is 0 Å². The summed E-state index contributed by atoms with van der Waals surface area (Å²) in [7, 11) is 0. The fourth-order valence-electron chi connectivity index (χ4n) is 1.77. The Morgan fingerprint density at radius 3 is 2.41 bits per heavy atom.